The summed E-state index contributed by atoms with van der Waals surface area (Å²) < 4.78 is 5.76. The molecule has 0 bridgehead atoms. The van der Waals surface area contributed by atoms with Crippen LogP contribution in [0.25, 0.3) is 0 Å². The van der Waals surface area contributed by atoms with Gasteiger partial charge < -0.3 is 31.3 Å². The minimum Gasteiger partial charge on any atom is -0.382 e. The van der Waals surface area contributed by atoms with E-state index in [0.29, 0.717) is 32.7 Å². The first-order chi connectivity index (χ1) is 13.7. The molecular formula is C18H29N7O4. The smallest absolute Gasteiger partial charge is 0.315 e. The Hall–Kier alpha value is -2.95. The summed E-state index contributed by atoms with van der Waals surface area (Å²) in [6, 6.07) is -0.377. The lowest BCUT2D eigenvalue weighted by atomic mass is 10.0. The Kier molecular flexibility index (Phi) is 7.71. The van der Waals surface area contributed by atoms with Gasteiger partial charge in [0.05, 0.1) is 12.7 Å². The fraction of sp³-hybridized carbons (Fsp3) is 0.611. The van der Waals surface area contributed by atoms with Gasteiger partial charge in [-0.2, -0.15) is 0 Å². The molecule has 1 saturated heterocycles. The second-order valence-corrected chi connectivity index (χ2v) is 7.19. The van der Waals surface area contributed by atoms with Crippen LogP contribution in [0.5, 0.6) is 0 Å². The van der Waals surface area contributed by atoms with Crippen LogP contribution in [0.4, 0.5) is 10.6 Å². The predicted molar refractivity (Wildman–Crippen MR) is 106 cm³/mol. The predicted octanol–water partition coefficient (Wildman–Crippen LogP) is -0.496. The van der Waals surface area contributed by atoms with Crippen LogP contribution < -0.4 is 21.7 Å². The van der Waals surface area contributed by atoms with Gasteiger partial charge in [0, 0.05) is 38.6 Å². The van der Waals surface area contributed by atoms with Crippen molar-refractivity contribution in [1.29, 1.82) is 0 Å². The van der Waals surface area contributed by atoms with E-state index < -0.39 is 11.4 Å². The molecule has 0 aliphatic carbocycles. The highest BCUT2D eigenvalue weighted by molar-refractivity contribution is 5.96. The number of hydrogen-bond donors (Lipinski definition) is 4. The van der Waals surface area contributed by atoms with E-state index in [9.17, 15) is 14.4 Å². The van der Waals surface area contributed by atoms with Crippen LogP contribution in [0, 0.1) is 0 Å². The number of nitrogens with two attached hydrogens (primary N) is 1. The molecule has 2 heterocycles. The first-order valence-corrected chi connectivity index (χ1v) is 9.56. The lowest BCUT2D eigenvalue weighted by Crippen LogP contribution is -2.57. The Morgan fingerprint density at radius 3 is 2.69 bits per heavy atom. The largest absolute Gasteiger partial charge is 0.382 e. The zero-order valence-electron chi connectivity index (χ0n) is 17.0. The molecule has 0 spiro atoms. The van der Waals surface area contributed by atoms with Crippen LogP contribution >= 0.6 is 0 Å². The second-order valence-electron chi connectivity index (χ2n) is 7.19. The molecule has 1 atom stereocenters. The van der Waals surface area contributed by atoms with E-state index in [4.69, 9.17) is 10.5 Å². The molecule has 1 aromatic rings. The summed E-state index contributed by atoms with van der Waals surface area (Å²) in [5, 5.41) is 7.98. The van der Waals surface area contributed by atoms with Crippen molar-refractivity contribution < 1.29 is 19.1 Å². The van der Waals surface area contributed by atoms with Crippen LogP contribution in [-0.4, -0.2) is 77.1 Å². The summed E-state index contributed by atoms with van der Waals surface area (Å²) in [5.41, 5.74) is 4.68. The number of nitrogens with zero attached hydrogens (tertiary/aromatic N) is 3. The average Bonchev–Trinajstić information content (AvgIpc) is 3.13. The van der Waals surface area contributed by atoms with Crippen molar-refractivity contribution in [1.82, 2.24) is 30.8 Å². The van der Waals surface area contributed by atoms with Gasteiger partial charge in [-0.25, -0.2) is 14.8 Å². The Bertz CT molecular complexity index is 741. The summed E-state index contributed by atoms with van der Waals surface area (Å²) in [4.78, 5) is 45.8. The first-order valence-electron chi connectivity index (χ1n) is 9.56. The van der Waals surface area contributed by atoms with Crippen LogP contribution in [0.15, 0.2) is 12.4 Å². The highest BCUT2D eigenvalue weighted by Crippen LogP contribution is 2.17. The highest BCUT2D eigenvalue weighted by atomic mass is 16.5. The van der Waals surface area contributed by atoms with Crippen molar-refractivity contribution in [3.8, 4) is 0 Å². The van der Waals surface area contributed by atoms with Crippen LogP contribution in [-0.2, 0) is 9.53 Å². The van der Waals surface area contributed by atoms with E-state index in [1.54, 1.807) is 25.7 Å². The molecule has 0 radical (unpaired) electrons. The number of anilines is 1. The lowest BCUT2D eigenvalue weighted by Gasteiger charge is -2.30. The monoisotopic (exact) mass is 407 g/mol. The molecule has 0 aromatic carbocycles. The standard InChI is InChI=1S/C18H29N7O4/c1-4-20-17(28)24-18(2,3)16(27)25-9-5-12(11-25)29-10-8-23-15(26)13-14(19)22-7-6-21-13/h6-7,12H,4-5,8-11H2,1-3H3,(H2,19,22)(H,23,26)(H2,20,24,28)/t12-/m1/s1. The molecule has 1 aliphatic heterocycles. The van der Waals surface area contributed by atoms with Crippen LogP contribution in [0.2, 0.25) is 0 Å². The number of rotatable bonds is 8. The molecule has 1 aromatic heterocycles. The van der Waals surface area contributed by atoms with E-state index in [0.717, 1.165) is 0 Å². The number of likely N-dealkylation sites (tertiary alicyclic amines) is 1. The molecule has 2 rings (SSSR count). The first kappa shape index (κ1) is 22.3. The van der Waals surface area contributed by atoms with E-state index in [1.807, 2.05) is 0 Å². The average molecular weight is 407 g/mol. The minimum absolute atomic E-state index is 0.0692. The van der Waals surface area contributed by atoms with Crippen molar-refractivity contribution in [2.45, 2.75) is 38.8 Å². The quantitative estimate of drug-likeness (QED) is 0.424. The summed E-state index contributed by atoms with van der Waals surface area (Å²) in [7, 11) is 0. The van der Waals surface area contributed by atoms with Gasteiger partial charge in [0.2, 0.25) is 5.91 Å². The van der Waals surface area contributed by atoms with Gasteiger partial charge in [-0.1, -0.05) is 0 Å². The maximum absolute atomic E-state index is 12.7. The zero-order chi connectivity index (χ0) is 21.4. The van der Waals surface area contributed by atoms with Gasteiger partial charge in [0.15, 0.2) is 11.5 Å². The minimum atomic E-state index is -1.02. The normalized spacial score (nSPS) is 16.4. The second kappa shape index (κ2) is 10.0. The number of carbonyl (C=O) groups is 3. The number of aromatic nitrogens is 2. The van der Waals surface area contributed by atoms with Gasteiger partial charge in [0.1, 0.15) is 5.54 Å². The molecule has 11 nitrogen and oxygen atoms in total. The molecule has 1 fully saturated rings. The SMILES string of the molecule is CCNC(=O)NC(C)(C)C(=O)N1CC[C@@H](OCCNC(=O)c2nccnc2N)C1. The fourth-order valence-corrected chi connectivity index (χ4v) is 2.98. The molecule has 1 aliphatic rings. The van der Waals surface area contributed by atoms with E-state index in [1.165, 1.54) is 12.4 Å². The number of urea groups is 1. The molecule has 0 saturated carbocycles. The number of ether oxygens (including phenoxy) is 1. The summed E-state index contributed by atoms with van der Waals surface area (Å²) in [6.45, 7) is 7.19. The number of hydrogen-bond acceptors (Lipinski definition) is 7. The number of nitrogen functional groups attached to an aromatic ring is 1. The summed E-state index contributed by atoms with van der Waals surface area (Å²) >= 11 is 0. The third-order valence-corrected chi connectivity index (χ3v) is 4.41. The molecule has 5 N–H and O–H groups in total. The van der Waals surface area contributed by atoms with Crippen molar-refractivity contribution >= 4 is 23.7 Å². The third-order valence-electron chi connectivity index (χ3n) is 4.41. The molecular weight excluding hydrogens is 378 g/mol. The van der Waals surface area contributed by atoms with Crippen molar-refractivity contribution in [2.24, 2.45) is 0 Å². The van der Waals surface area contributed by atoms with E-state index >= 15 is 0 Å². The zero-order valence-corrected chi connectivity index (χ0v) is 17.0. The number of carbonyl (C=O) groups excluding carboxylic acids is 3. The number of amides is 4. The van der Waals surface area contributed by atoms with Gasteiger partial charge >= 0.3 is 6.03 Å². The fourth-order valence-electron chi connectivity index (χ4n) is 2.98. The Morgan fingerprint density at radius 2 is 2.00 bits per heavy atom. The van der Waals surface area contributed by atoms with E-state index in [2.05, 4.69) is 25.9 Å². The molecule has 29 heavy (non-hydrogen) atoms. The van der Waals surface area contributed by atoms with Gasteiger partial charge in [0.25, 0.3) is 5.91 Å². The maximum atomic E-state index is 12.7. The molecule has 0 unspecified atom stereocenters. The molecule has 4 amide bonds. The van der Waals surface area contributed by atoms with Crippen LogP contribution in [0.3, 0.4) is 0 Å². The number of nitrogens with one attached hydrogen (secondary N) is 3. The molecule has 11 heteroatoms. The van der Waals surface area contributed by atoms with Crippen molar-refractivity contribution in [2.75, 3.05) is 38.5 Å². The van der Waals surface area contributed by atoms with Gasteiger partial charge in [-0.3, -0.25) is 9.59 Å². The van der Waals surface area contributed by atoms with Gasteiger partial charge in [-0.05, 0) is 27.2 Å². The topological polar surface area (TPSA) is 152 Å². The lowest BCUT2D eigenvalue weighted by molar-refractivity contribution is -0.136. The molecule has 160 valence electrons. The third kappa shape index (κ3) is 6.28. The Morgan fingerprint density at radius 1 is 1.28 bits per heavy atom. The van der Waals surface area contributed by atoms with E-state index in [-0.39, 0.29) is 36.1 Å². The Balaban J connectivity index is 1.73. The van der Waals surface area contributed by atoms with Gasteiger partial charge in [-0.15, -0.1) is 0 Å². The van der Waals surface area contributed by atoms with Crippen molar-refractivity contribution in [3.63, 3.8) is 0 Å². The summed E-state index contributed by atoms with van der Waals surface area (Å²) in [6.07, 6.45) is 3.37. The van der Waals surface area contributed by atoms with Crippen molar-refractivity contribution in [3.05, 3.63) is 18.1 Å². The highest BCUT2D eigenvalue weighted by Gasteiger charge is 2.37. The van der Waals surface area contributed by atoms with Crippen LogP contribution in [0.1, 0.15) is 37.7 Å². The Labute approximate surface area is 169 Å². The maximum Gasteiger partial charge on any atom is 0.315 e. The summed E-state index contributed by atoms with van der Waals surface area (Å²) in [5.74, 6) is -0.512.